The Hall–Kier alpha value is -3.98. The number of hydrazone groups is 1. The zero-order chi connectivity index (χ0) is 21.6. The van der Waals surface area contributed by atoms with Gasteiger partial charge in [0.15, 0.2) is 0 Å². The summed E-state index contributed by atoms with van der Waals surface area (Å²) in [6.07, 6.45) is 3.22. The number of nitrogens with one attached hydrogen (secondary N) is 3. The van der Waals surface area contributed by atoms with E-state index in [-0.39, 0.29) is 11.6 Å². The number of morpholine rings is 1. The van der Waals surface area contributed by atoms with Gasteiger partial charge in [-0.05, 0) is 18.2 Å². The number of ether oxygens (including phenoxy) is 1. The summed E-state index contributed by atoms with van der Waals surface area (Å²) in [5.74, 6) is -2.08. The molecule has 0 aliphatic carbocycles. The van der Waals surface area contributed by atoms with Gasteiger partial charge >= 0.3 is 11.8 Å². The van der Waals surface area contributed by atoms with Gasteiger partial charge in [0.2, 0.25) is 0 Å². The molecule has 4 rings (SSSR count). The van der Waals surface area contributed by atoms with Gasteiger partial charge in [0.05, 0.1) is 30.7 Å². The summed E-state index contributed by atoms with van der Waals surface area (Å²) in [6, 6.07) is 14.2. The molecule has 158 valence electrons. The number of rotatable bonds is 4. The number of anilines is 1. The predicted octanol–water partition coefficient (Wildman–Crippen LogP) is 1.73. The van der Waals surface area contributed by atoms with Crippen molar-refractivity contribution in [1.29, 1.82) is 0 Å². The first-order chi connectivity index (χ1) is 15.1. The number of carbonyl (C=O) groups excluding carboxylic acids is 3. The Morgan fingerprint density at radius 3 is 2.58 bits per heavy atom. The van der Waals surface area contributed by atoms with E-state index in [1.807, 2.05) is 24.3 Å². The van der Waals surface area contributed by atoms with E-state index < -0.39 is 11.8 Å². The van der Waals surface area contributed by atoms with Gasteiger partial charge in [0.25, 0.3) is 5.91 Å². The molecule has 3 aromatic rings. The van der Waals surface area contributed by atoms with Crippen LogP contribution in [0, 0.1) is 0 Å². The summed E-state index contributed by atoms with van der Waals surface area (Å²) < 4.78 is 5.27. The van der Waals surface area contributed by atoms with E-state index in [0.29, 0.717) is 31.9 Å². The predicted molar refractivity (Wildman–Crippen MR) is 116 cm³/mol. The average molecular weight is 419 g/mol. The molecule has 0 radical (unpaired) electrons. The molecule has 0 saturated carbocycles. The Morgan fingerprint density at radius 2 is 1.74 bits per heavy atom. The minimum atomic E-state index is -0.940. The number of benzene rings is 2. The average Bonchev–Trinajstić information content (AvgIpc) is 3.22. The number of amides is 3. The molecular weight excluding hydrogens is 398 g/mol. The van der Waals surface area contributed by atoms with Crippen molar-refractivity contribution in [3.05, 3.63) is 65.9 Å². The normalized spacial score (nSPS) is 14.0. The summed E-state index contributed by atoms with van der Waals surface area (Å²) in [5, 5.41) is 7.30. The highest BCUT2D eigenvalue weighted by molar-refractivity contribution is 6.40. The van der Waals surface area contributed by atoms with E-state index in [2.05, 4.69) is 20.8 Å². The third-order valence-corrected chi connectivity index (χ3v) is 4.90. The number of carbonyl (C=O) groups is 3. The molecule has 9 nitrogen and oxygen atoms in total. The van der Waals surface area contributed by atoms with Crippen molar-refractivity contribution in [1.82, 2.24) is 15.3 Å². The Balaban J connectivity index is 1.40. The van der Waals surface area contributed by atoms with Crippen LogP contribution in [-0.4, -0.2) is 60.1 Å². The number of nitrogens with zero attached hydrogens (tertiary/aromatic N) is 2. The Bertz CT molecular complexity index is 1150. The largest absolute Gasteiger partial charge is 0.378 e. The Labute approximate surface area is 178 Å². The van der Waals surface area contributed by atoms with Crippen molar-refractivity contribution in [2.24, 2.45) is 5.10 Å². The van der Waals surface area contributed by atoms with Crippen molar-refractivity contribution in [2.75, 3.05) is 31.6 Å². The van der Waals surface area contributed by atoms with Crippen molar-refractivity contribution in [3.8, 4) is 0 Å². The molecule has 2 aromatic carbocycles. The number of aromatic nitrogens is 1. The van der Waals surface area contributed by atoms with Crippen LogP contribution in [-0.2, 0) is 14.3 Å². The molecule has 0 bridgehead atoms. The molecule has 3 amide bonds. The second kappa shape index (κ2) is 9.23. The lowest BCUT2D eigenvalue weighted by atomic mass is 10.1. The van der Waals surface area contributed by atoms with E-state index in [4.69, 9.17) is 4.74 Å². The van der Waals surface area contributed by atoms with E-state index in [1.165, 1.54) is 6.21 Å². The lowest BCUT2D eigenvalue weighted by molar-refractivity contribution is -0.136. The molecule has 9 heteroatoms. The first-order valence-electron chi connectivity index (χ1n) is 9.80. The molecule has 3 N–H and O–H groups in total. The van der Waals surface area contributed by atoms with E-state index in [1.54, 1.807) is 35.4 Å². The number of H-pyrrole nitrogens is 1. The lowest BCUT2D eigenvalue weighted by Gasteiger charge is -2.27. The van der Waals surface area contributed by atoms with Gasteiger partial charge < -0.3 is 19.9 Å². The van der Waals surface area contributed by atoms with Gasteiger partial charge in [-0.3, -0.25) is 14.4 Å². The second-order valence-electron chi connectivity index (χ2n) is 6.89. The fourth-order valence-electron chi connectivity index (χ4n) is 3.31. The number of aromatic amines is 1. The maximum atomic E-state index is 12.8. The van der Waals surface area contributed by atoms with Crippen LogP contribution in [0.2, 0.25) is 0 Å². The molecule has 0 spiro atoms. The second-order valence-corrected chi connectivity index (χ2v) is 6.89. The lowest BCUT2D eigenvalue weighted by Crippen LogP contribution is -2.41. The summed E-state index contributed by atoms with van der Waals surface area (Å²) in [5.41, 5.74) is 4.50. The van der Waals surface area contributed by atoms with Gasteiger partial charge in [-0.25, -0.2) is 5.43 Å². The van der Waals surface area contributed by atoms with Crippen molar-refractivity contribution >= 4 is 40.5 Å². The standard InChI is InChI=1S/C22H21N5O4/c28-20(21(29)26-24-14-15-13-23-18-7-3-1-5-16(15)18)25-19-8-4-2-6-17(19)22(30)27-9-11-31-12-10-27/h1-8,13-14,23H,9-12H2,(H,25,28)(H,26,29)/b24-14+. The summed E-state index contributed by atoms with van der Waals surface area (Å²) in [6.45, 7) is 1.89. The first-order valence-corrected chi connectivity index (χ1v) is 9.80. The Morgan fingerprint density at radius 1 is 1.00 bits per heavy atom. The van der Waals surface area contributed by atoms with Gasteiger partial charge in [0, 0.05) is 35.8 Å². The van der Waals surface area contributed by atoms with Crippen LogP contribution in [0.25, 0.3) is 10.9 Å². The van der Waals surface area contributed by atoms with Crippen LogP contribution in [0.1, 0.15) is 15.9 Å². The molecule has 0 unspecified atom stereocenters. The molecular formula is C22H21N5O4. The number of fused-ring (bicyclic) bond motifs is 1. The number of para-hydroxylation sites is 2. The van der Waals surface area contributed by atoms with Crippen molar-refractivity contribution < 1.29 is 19.1 Å². The Kier molecular flexibility index (Phi) is 6.04. The fraction of sp³-hybridized carbons (Fsp3) is 0.182. The van der Waals surface area contributed by atoms with Crippen LogP contribution < -0.4 is 10.7 Å². The number of hydrogen-bond acceptors (Lipinski definition) is 5. The summed E-state index contributed by atoms with van der Waals surface area (Å²) in [4.78, 5) is 42.0. The van der Waals surface area contributed by atoms with Crippen LogP contribution in [0.5, 0.6) is 0 Å². The van der Waals surface area contributed by atoms with Gasteiger partial charge in [-0.1, -0.05) is 30.3 Å². The minimum Gasteiger partial charge on any atom is -0.378 e. The van der Waals surface area contributed by atoms with Crippen molar-refractivity contribution in [3.63, 3.8) is 0 Å². The van der Waals surface area contributed by atoms with Crippen LogP contribution >= 0.6 is 0 Å². The number of hydrogen-bond donors (Lipinski definition) is 3. The highest BCUT2D eigenvalue weighted by atomic mass is 16.5. The maximum absolute atomic E-state index is 12.8. The molecule has 31 heavy (non-hydrogen) atoms. The van der Waals surface area contributed by atoms with Crippen LogP contribution in [0.3, 0.4) is 0 Å². The van der Waals surface area contributed by atoms with Gasteiger partial charge in [0.1, 0.15) is 0 Å². The zero-order valence-corrected chi connectivity index (χ0v) is 16.6. The zero-order valence-electron chi connectivity index (χ0n) is 16.6. The molecule has 1 fully saturated rings. The van der Waals surface area contributed by atoms with E-state index in [9.17, 15) is 14.4 Å². The van der Waals surface area contributed by atoms with Gasteiger partial charge in [-0.2, -0.15) is 5.10 Å². The SMILES string of the molecule is O=C(N/N=C/c1c[nH]c2ccccc12)C(=O)Nc1ccccc1C(=O)N1CCOCC1. The minimum absolute atomic E-state index is 0.225. The van der Waals surface area contributed by atoms with Crippen molar-refractivity contribution in [2.45, 2.75) is 0 Å². The van der Waals surface area contributed by atoms with Gasteiger partial charge in [-0.15, -0.1) is 0 Å². The molecule has 1 aliphatic heterocycles. The highest BCUT2D eigenvalue weighted by Gasteiger charge is 2.22. The third-order valence-electron chi connectivity index (χ3n) is 4.90. The van der Waals surface area contributed by atoms with E-state index >= 15 is 0 Å². The maximum Gasteiger partial charge on any atom is 0.329 e. The fourth-order valence-corrected chi connectivity index (χ4v) is 3.31. The molecule has 0 atom stereocenters. The molecule has 1 aromatic heterocycles. The highest BCUT2D eigenvalue weighted by Crippen LogP contribution is 2.18. The molecule has 2 heterocycles. The van der Waals surface area contributed by atoms with E-state index in [0.717, 1.165) is 16.5 Å². The first kappa shape index (κ1) is 20.3. The quantitative estimate of drug-likeness (QED) is 0.339. The van der Waals surface area contributed by atoms with Crippen LogP contribution in [0.4, 0.5) is 5.69 Å². The monoisotopic (exact) mass is 419 g/mol. The third kappa shape index (κ3) is 4.62. The summed E-state index contributed by atoms with van der Waals surface area (Å²) >= 11 is 0. The topological polar surface area (TPSA) is 116 Å². The summed E-state index contributed by atoms with van der Waals surface area (Å²) in [7, 11) is 0. The van der Waals surface area contributed by atoms with Crippen LogP contribution in [0.15, 0.2) is 59.8 Å². The smallest absolute Gasteiger partial charge is 0.329 e. The molecule has 1 aliphatic rings. The molecule has 1 saturated heterocycles.